The smallest absolute Gasteiger partial charge is 0.423 e. The van der Waals surface area contributed by atoms with Crippen molar-refractivity contribution in [3.05, 3.63) is 89.5 Å². The van der Waals surface area contributed by atoms with Crippen LogP contribution in [0.15, 0.2) is 60.7 Å². The van der Waals surface area contributed by atoms with Gasteiger partial charge in [-0.05, 0) is 91.3 Å². The van der Waals surface area contributed by atoms with Gasteiger partial charge in [-0.3, -0.25) is 4.39 Å². The van der Waals surface area contributed by atoms with Crippen molar-refractivity contribution < 1.29 is 44.3 Å². The van der Waals surface area contributed by atoms with Crippen LogP contribution in [0, 0.1) is 29.2 Å². The molecule has 1 fully saturated rings. The predicted octanol–water partition coefficient (Wildman–Crippen LogP) is 10.4. The van der Waals surface area contributed by atoms with Gasteiger partial charge in [0.1, 0.15) is 11.6 Å². The van der Waals surface area contributed by atoms with E-state index in [2.05, 4.69) is 4.74 Å². The lowest BCUT2D eigenvalue weighted by molar-refractivity contribution is -0.137. The van der Waals surface area contributed by atoms with Gasteiger partial charge in [-0.25, -0.2) is 17.6 Å². The van der Waals surface area contributed by atoms with E-state index in [9.17, 15) is 35.1 Å². The van der Waals surface area contributed by atoms with Crippen molar-refractivity contribution in [2.24, 2.45) is 5.92 Å². The molecule has 0 aromatic heterocycles. The molecule has 1 saturated carbocycles. The molecule has 4 rings (SSSR count). The zero-order chi connectivity index (χ0) is 29.0. The molecule has 0 bridgehead atoms. The number of halogens is 9. The van der Waals surface area contributed by atoms with Crippen LogP contribution in [0.4, 0.5) is 39.5 Å². The molecule has 0 unspecified atom stereocenters. The third-order valence-corrected chi connectivity index (χ3v) is 7.16. The SMILES string of the molecule is FCCCC1CCC(c2ccc(-c3ccc(-c4cc(F)c(OC(F)(F)C=C(F)F)c(F)c4)c(F)c3)c(F)c2)CC1. The van der Waals surface area contributed by atoms with E-state index in [0.717, 1.165) is 49.8 Å². The van der Waals surface area contributed by atoms with Crippen LogP contribution < -0.4 is 4.74 Å². The first-order valence-corrected chi connectivity index (χ1v) is 12.7. The highest BCUT2D eigenvalue weighted by atomic mass is 19.3. The molecule has 0 amide bonds. The monoisotopic (exact) mass is 572 g/mol. The van der Waals surface area contributed by atoms with E-state index in [1.165, 1.54) is 18.2 Å². The molecule has 0 spiro atoms. The second-order valence-corrected chi connectivity index (χ2v) is 9.85. The van der Waals surface area contributed by atoms with E-state index in [1.54, 1.807) is 6.07 Å². The molecular weight excluding hydrogens is 547 g/mol. The first-order valence-electron chi connectivity index (χ1n) is 12.7. The van der Waals surface area contributed by atoms with Gasteiger partial charge < -0.3 is 4.74 Å². The molecule has 0 aliphatic heterocycles. The quantitative estimate of drug-likeness (QED) is 0.232. The molecule has 1 nitrogen and oxygen atoms in total. The molecule has 10 heteroatoms. The number of hydrogen-bond acceptors (Lipinski definition) is 1. The number of hydrogen-bond donors (Lipinski definition) is 0. The minimum atomic E-state index is -4.69. The highest BCUT2D eigenvalue weighted by Crippen LogP contribution is 2.39. The predicted molar refractivity (Wildman–Crippen MR) is 133 cm³/mol. The zero-order valence-corrected chi connectivity index (χ0v) is 21.1. The highest BCUT2D eigenvalue weighted by Gasteiger charge is 2.33. The lowest BCUT2D eigenvalue weighted by Gasteiger charge is -2.28. The largest absolute Gasteiger partial charge is 0.425 e. The molecule has 1 aliphatic carbocycles. The van der Waals surface area contributed by atoms with Crippen LogP contribution in [0.5, 0.6) is 5.75 Å². The summed E-state index contributed by atoms with van der Waals surface area (Å²) in [4.78, 5) is 0. The number of benzene rings is 3. The van der Waals surface area contributed by atoms with E-state index >= 15 is 4.39 Å². The summed E-state index contributed by atoms with van der Waals surface area (Å²) in [5, 5.41) is 0. The van der Waals surface area contributed by atoms with Gasteiger partial charge in [0.05, 0.1) is 12.8 Å². The van der Waals surface area contributed by atoms with Crippen LogP contribution in [-0.2, 0) is 0 Å². The summed E-state index contributed by atoms with van der Waals surface area (Å²) in [6.07, 6.45) is -3.37. The van der Waals surface area contributed by atoms with E-state index in [-0.39, 0.29) is 34.8 Å². The zero-order valence-electron chi connectivity index (χ0n) is 21.1. The van der Waals surface area contributed by atoms with Gasteiger partial charge in [0.25, 0.3) is 6.08 Å². The van der Waals surface area contributed by atoms with Gasteiger partial charge >= 0.3 is 6.11 Å². The summed E-state index contributed by atoms with van der Waals surface area (Å²) in [7, 11) is 0. The number of alkyl halides is 3. The summed E-state index contributed by atoms with van der Waals surface area (Å²) in [5.74, 6) is -5.82. The molecule has 40 heavy (non-hydrogen) atoms. The lowest BCUT2D eigenvalue weighted by Crippen LogP contribution is -2.23. The molecule has 0 atom stereocenters. The Hall–Kier alpha value is -3.43. The molecule has 0 N–H and O–H groups in total. The molecule has 0 heterocycles. The van der Waals surface area contributed by atoms with Crippen molar-refractivity contribution in [3.8, 4) is 28.0 Å². The Kier molecular flexibility index (Phi) is 9.15. The second kappa shape index (κ2) is 12.4. The summed E-state index contributed by atoms with van der Waals surface area (Å²) in [5.41, 5.74) is 0.421. The maximum absolute atomic E-state index is 15.1. The second-order valence-electron chi connectivity index (χ2n) is 9.85. The van der Waals surface area contributed by atoms with E-state index in [0.29, 0.717) is 24.5 Å². The Morgan fingerprint density at radius 2 is 1.35 bits per heavy atom. The summed E-state index contributed by atoms with van der Waals surface area (Å²) < 4.78 is 126. The standard InChI is InChI=1S/C30H25F9O/c31-11-1-2-17-3-5-18(6-4-17)19-7-9-22(24(32)12-19)20-8-10-23(25(33)13-20)21-14-26(34)29(27(35)15-21)40-30(38,39)16-28(36)37/h7-10,12-18H,1-6,11H2. The topological polar surface area (TPSA) is 9.23 Å². The van der Waals surface area contributed by atoms with Crippen molar-refractivity contribution >= 4 is 0 Å². The van der Waals surface area contributed by atoms with E-state index < -0.39 is 47.3 Å². The molecule has 0 radical (unpaired) electrons. The van der Waals surface area contributed by atoms with Gasteiger partial charge in [-0.1, -0.05) is 24.3 Å². The van der Waals surface area contributed by atoms with Gasteiger partial charge in [-0.2, -0.15) is 17.6 Å². The van der Waals surface area contributed by atoms with Crippen molar-refractivity contribution in [2.45, 2.75) is 50.6 Å². The molecule has 3 aromatic carbocycles. The van der Waals surface area contributed by atoms with Crippen LogP contribution in [0.1, 0.15) is 50.0 Å². The first-order chi connectivity index (χ1) is 19.0. The Labute approximate surface area is 225 Å². The van der Waals surface area contributed by atoms with Crippen molar-refractivity contribution in [1.29, 1.82) is 0 Å². The number of ether oxygens (including phenoxy) is 1. The fourth-order valence-electron chi connectivity index (χ4n) is 5.19. The normalized spacial score (nSPS) is 17.5. The van der Waals surface area contributed by atoms with E-state index in [1.807, 2.05) is 0 Å². The molecular formula is C30H25F9O. The fraction of sp³-hybridized carbons (Fsp3) is 0.333. The summed E-state index contributed by atoms with van der Waals surface area (Å²) in [6, 6.07) is 9.24. The van der Waals surface area contributed by atoms with Crippen molar-refractivity contribution in [1.82, 2.24) is 0 Å². The molecule has 1 aliphatic rings. The van der Waals surface area contributed by atoms with Gasteiger partial charge in [-0.15, -0.1) is 0 Å². The Morgan fingerprint density at radius 3 is 1.93 bits per heavy atom. The highest BCUT2D eigenvalue weighted by molar-refractivity contribution is 5.72. The lowest BCUT2D eigenvalue weighted by atomic mass is 9.77. The molecule has 214 valence electrons. The number of rotatable bonds is 9. The van der Waals surface area contributed by atoms with E-state index in [4.69, 9.17) is 0 Å². The Bertz CT molecular complexity index is 1350. The van der Waals surface area contributed by atoms with Crippen LogP contribution >= 0.6 is 0 Å². The van der Waals surface area contributed by atoms with Gasteiger partial charge in [0.15, 0.2) is 17.4 Å². The van der Waals surface area contributed by atoms with Gasteiger partial charge in [0.2, 0.25) is 0 Å². The molecule has 3 aromatic rings. The van der Waals surface area contributed by atoms with Crippen LogP contribution in [0.25, 0.3) is 22.3 Å². The Morgan fingerprint density at radius 1 is 0.775 bits per heavy atom. The average molecular weight is 573 g/mol. The van der Waals surface area contributed by atoms with Gasteiger partial charge in [0, 0.05) is 11.1 Å². The minimum Gasteiger partial charge on any atom is -0.423 e. The maximum Gasteiger partial charge on any atom is 0.425 e. The fourth-order valence-corrected chi connectivity index (χ4v) is 5.19. The summed E-state index contributed by atoms with van der Waals surface area (Å²) >= 11 is 0. The Balaban J connectivity index is 1.52. The summed E-state index contributed by atoms with van der Waals surface area (Å²) in [6.45, 7) is -0.325. The van der Waals surface area contributed by atoms with Crippen molar-refractivity contribution in [2.75, 3.05) is 6.67 Å². The first kappa shape index (κ1) is 29.6. The maximum atomic E-state index is 15.1. The molecule has 0 saturated heterocycles. The van der Waals surface area contributed by atoms with Crippen LogP contribution in [-0.4, -0.2) is 12.8 Å². The minimum absolute atomic E-state index is 0.113. The van der Waals surface area contributed by atoms with Crippen LogP contribution in [0.2, 0.25) is 0 Å². The van der Waals surface area contributed by atoms with Crippen molar-refractivity contribution in [3.63, 3.8) is 0 Å². The third-order valence-electron chi connectivity index (χ3n) is 7.16. The third kappa shape index (κ3) is 7.01. The van der Waals surface area contributed by atoms with Crippen LogP contribution in [0.3, 0.4) is 0 Å². The average Bonchev–Trinajstić information content (AvgIpc) is 2.89.